The van der Waals surface area contributed by atoms with Gasteiger partial charge in [-0.15, -0.1) is 10.2 Å². The van der Waals surface area contributed by atoms with E-state index in [9.17, 15) is 4.79 Å². The van der Waals surface area contributed by atoms with E-state index in [4.69, 9.17) is 9.72 Å². The third-order valence-electron chi connectivity index (χ3n) is 4.18. The molecule has 0 radical (unpaired) electrons. The first-order valence-corrected chi connectivity index (χ1v) is 9.72. The molecule has 28 heavy (non-hydrogen) atoms. The van der Waals surface area contributed by atoms with Crippen LogP contribution in [0.3, 0.4) is 0 Å². The predicted octanol–water partition coefficient (Wildman–Crippen LogP) is 2.03. The minimum atomic E-state index is -0.268. The van der Waals surface area contributed by atoms with Crippen LogP contribution >= 0.6 is 11.3 Å². The van der Waals surface area contributed by atoms with Gasteiger partial charge in [-0.1, -0.05) is 17.4 Å². The molecule has 0 saturated carbocycles. The average molecular weight is 397 g/mol. The largest absolute Gasteiger partial charge is 0.378 e. The molecule has 3 aromatic rings. The maximum atomic E-state index is 12.1. The fourth-order valence-electron chi connectivity index (χ4n) is 2.74. The number of morpholine rings is 1. The quantitative estimate of drug-likeness (QED) is 0.651. The number of hydrogen-bond acceptors (Lipinski definition) is 9. The van der Waals surface area contributed by atoms with Gasteiger partial charge in [-0.05, 0) is 24.3 Å². The van der Waals surface area contributed by atoms with Crippen molar-refractivity contribution in [3.8, 4) is 0 Å². The molecule has 0 spiro atoms. The minimum absolute atomic E-state index is 0.268. The summed E-state index contributed by atoms with van der Waals surface area (Å²) in [5, 5.41) is 13.8. The SMILES string of the molecule is O=C(Nc1nncs1)c1ccc(NCc2cccc(N3CCOCC3)n2)nc1. The number of rotatable bonds is 6. The Morgan fingerprint density at radius 1 is 1.21 bits per heavy atom. The molecule has 0 atom stereocenters. The van der Waals surface area contributed by atoms with Gasteiger partial charge in [0.15, 0.2) is 0 Å². The molecule has 144 valence electrons. The number of ether oxygens (including phenoxy) is 1. The topological polar surface area (TPSA) is 105 Å². The van der Waals surface area contributed by atoms with E-state index >= 15 is 0 Å². The first kappa shape index (κ1) is 18.3. The highest BCUT2D eigenvalue weighted by atomic mass is 32.1. The summed E-state index contributed by atoms with van der Waals surface area (Å²) in [6.07, 6.45) is 1.52. The third-order valence-corrected chi connectivity index (χ3v) is 4.79. The first-order valence-electron chi connectivity index (χ1n) is 8.84. The van der Waals surface area contributed by atoms with Crippen LogP contribution in [0.2, 0.25) is 0 Å². The average Bonchev–Trinajstić information content (AvgIpc) is 3.26. The van der Waals surface area contributed by atoms with Crippen molar-refractivity contribution >= 4 is 34.0 Å². The molecular formula is C18H19N7O2S. The molecule has 0 aromatic carbocycles. The molecule has 10 heteroatoms. The Balaban J connectivity index is 1.34. The van der Waals surface area contributed by atoms with Gasteiger partial charge in [0.05, 0.1) is 31.0 Å². The summed E-state index contributed by atoms with van der Waals surface area (Å²) in [6.45, 7) is 3.71. The second kappa shape index (κ2) is 8.72. The van der Waals surface area contributed by atoms with E-state index in [-0.39, 0.29) is 5.91 Å². The van der Waals surface area contributed by atoms with E-state index in [1.807, 2.05) is 18.2 Å². The lowest BCUT2D eigenvalue weighted by atomic mass is 10.2. The molecule has 1 aliphatic heterocycles. The van der Waals surface area contributed by atoms with Gasteiger partial charge in [-0.3, -0.25) is 10.1 Å². The summed E-state index contributed by atoms with van der Waals surface area (Å²) >= 11 is 1.26. The van der Waals surface area contributed by atoms with E-state index in [1.54, 1.807) is 17.6 Å². The summed E-state index contributed by atoms with van der Waals surface area (Å²) in [4.78, 5) is 23.4. The van der Waals surface area contributed by atoms with E-state index in [1.165, 1.54) is 17.5 Å². The number of anilines is 3. The van der Waals surface area contributed by atoms with Crippen LogP contribution in [-0.4, -0.2) is 52.4 Å². The molecule has 0 unspecified atom stereocenters. The highest BCUT2D eigenvalue weighted by molar-refractivity contribution is 7.13. The van der Waals surface area contributed by atoms with Crippen LogP contribution in [0.1, 0.15) is 16.1 Å². The Hall–Kier alpha value is -3.11. The smallest absolute Gasteiger partial charge is 0.259 e. The van der Waals surface area contributed by atoms with Gasteiger partial charge in [-0.2, -0.15) is 0 Å². The van der Waals surface area contributed by atoms with Gasteiger partial charge in [-0.25, -0.2) is 9.97 Å². The third kappa shape index (κ3) is 4.59. The minimum Gasteiger partial charge on any atom is -0.378 e. The second-order valence-electron chi connectivity index (χ2n) is 6.07. The predicted molar refractivity (Wildman–Crippen MR) is 107 cm³/mol. The Bertz CT molecular complexity index is 912. The lowest BCUT2D eigenvalue weighted by Gasteiger charge is -2.28. The standard InChI is InChI=1S/C18H19N7O2S/c26-17(23-18-24-21-12-28-18)13-4-5-15(19-10-13)20-11-14-2-1-3-16(22-14)25-6-8-27-9-7-25/h1-5,10,12H,6-9,11H2,(H,19,20)(H,23,24,26). The molecule has 4 rings (SSSR count). The Labute approximate surface area is 165 Å². The number of carbonyl (C=O) groups excluding carboxylic acids is 1. The number of pyridine rings is 2. The molecular weight excluding hydrogens is 378 g/mol. The van der Waals surface area contributed by atoms with Crippen molar-refractivity contribution in [1.82, 2.24) is 20.2 Å². The summed E-state index contributed by atoms with van der Waals surface area (Å²) in [6, 6.07) is 9.46. The summed E-state index contributed by atoms with van der Waals surface area (Å²) < 4.78 is 5.39. The fraction of sp³-hybridized carbons (Fsp3) is 0.278. The van der Waals surface area contributed by atoms with Crippen molar-refractivity contribution in [2.75, 3.05) is 41.8 Å². The second-order valence-corrected chi connectivity index (χ2v) is 6.90. The molecule has 3 aromatic heterocycles. The zero-order valence-corrected chi connectivity index (χ0v) is 15.9. The molecule has 0 bridgehead atoms. The maximum Gasteiger partial charge on any atom is 0.259 e. The highest BCUT2D eigenvalue weighted by Crippen LogP contribution is 2.15. The lowest BCUT2D eigenvalue weighted by Crippen LogP contribution is -2.36. The highest BCUT2D eigenvalue weighted by Gasteiger charge is 2.13. The summed E-state index contributed by atoms with van der Waals surface area (Å²) in [5.74, 6) is 1.36. The Kier molecular flexibility index (Phi) is 5.69. The van der Waals surface area contributed by atoms with Crippen molar-refractivity contribution in [2.24, 2.45) is 0 Å². The van der Waals surface area contributed by atoms with Crippen LogP contribution in [-0.2, 0) is 11.3 Å². The number of nitrogens with one attached hydrogen (secondary N) is 2. The van der Waals surface area contributed by atoms with Gasteiger partial charge in [0.1, 0.15) is 17.1 Å². The maximum absolute atomic E-state index is 12.1. The number of amides is 1. The van der Waals surface area contributed by atoms with E-state index in [0.29, 0.717) is 23.1 Å². The van der Waals surface area contributed by atoms with Gasteiger partial charge < -0.3 is 15.0 Å². The number of hydrogen-bond donors (Lipinski definition) is 2. The van der Waals surface area contributed by atoms with Crippen LogP contribution in [0, 0.1) is 0 Å². The van der Waals surface area contributed by atoms with Crippen LogP contribution in [0.15, 0.2) is 42.0 Å². The summed E-state index contributed by atoms with van der Waals surface area (Å²) in [7, 11) is 0. The molecule has 1 fully saturated rings. The van der Waals surface area contributed by atoms with Crippen LogP contribution in [0.5, 0.6) is 0 Å². The van der Waals surface area contributed by atoms with Crippen molar-refractivity contribution < 1.29 is 9.53 Å². The van der Waals surface area contributed by atoms with Crippen molar-refractivity contribution in [3.63, 3.8) is 0 Å². The molecule has 2 N–H and O–H groups in total. The van der Waals surface area contributed by atoms with Crippen molar-refractivity contribution in [2.45, 2.75) is 6.54 Å². The molecule has 1 saturated heterocycles. The molecule has 9 nitrogen and oxygen atoms in total. The van der Waals surface area contributed by atoms with Crippen molar-refractivity contribution in [1.29, 1.82) is 0 Å². The Morgan fingerprint density at radius 3 is 2.86 bits per heavy atom. The van der Waals surface area contributed by atoms with Gasteiger partial charge >= 0.3 is 0 Å². The fourth-order valence-corrected chi connectivity index (χ4v) is 3.18. The zero-order valence-electron chi connectivity index (χ0n) is 15.0. The van der Waals surface area contributed by atoms with E-state index in [2.05, 4.69) is 30.7 Å². The lowest BCUT2D eigenvalue weighted by molar-refractivity contribution is 0.102. The first-order chi connectivity index (χ1) is 13.8. The van der Waals surface area contributed by atoms with E-state index < -0.39 is 0 Å². The van der Waals surface area contributed by atoms with Gasteiger partial charge in [0.2, 0.25) is 5.13 Å². The molecule has 4 heterocycles. The molecule has 1 aliphatic rings. The van der Waals surface area contributed by atoms with E-state index in [0.717, 1.165) is 37.8 Å². The number of nitrogens with zero attached hydrogens (tertiary/aromatic N) is 5. The van der Waals surface area contributed by atoms with Gasteiger partial charge in [0.25, 0.3) is 5.91 Å². The normalized spacial score (nSPS) is 13.9. The van der Waals surface area contributed by atoms with Crippen molar-refractivity contribution in [3.05, 3.63) is 53.3 Å². The number of carbonyl (C=O) groups is 1. The van der Waals surface area contributed by atoms with Crippen LogP contribution in [0.25, 0.3) is 0 Å². The summed E-state index contributed by atoms with van der Waals surface area (Å²) in [5.41, 5.74) is 2.93. The number of aromatic nitrogens is 4. The van der Waals surface area contributed by atoms with Gasteiger partial charge in [0, 0.05) is 19.3 Å². The Morgan fingerprint density at radius 2 is 2.11 bits per heavy atom. The zero-order chi connectivity index (χ0) is 19.2. The van der Waals surface area contributed by atoms with Crippen LogP contribution in [0.4, 0.5) is 16.8 Å². The monoisotopic (exact) mass is 397 g/mol. The van der Waals surface area contributed by atoms with Crippen LogP contribution < -0.4 is 15.5 Å². The molecule has 0 aliphatic carbocycles. The molecule has 1 amide bonds.